The van der Waals surface area contributed by atoms with Crippen molar-refractivity contribution in [3.63, 3.8) is 0 Å². The first kappa shape index (κ1) is 24.4. The Hall–Kier alpha value is -2.20. The maximum atomic E-state index is 13.9. The molecule has 174 valence electrons. The standard InChI is InChI=1S/C22H27F2N3O3S2/c1-3-30-19(28)13-31-20-11-25-21(32-20)26-22(29)27(12-15-6-4-14(2)5-7-15)16-8-9-17(23)18(24)10-16/h8-11,14-15H,3-7,12-13H2,1-2H3,(H,25,26,29)/t14-,15-. The van der Waals surface area contributed by atoms with E-state index in [9.17, 15) is 18.4 Å². The maximum absolute atomic E-state index is 13.9. The number of hydrogen-bond donors (Lipinski definition) is 1. The number of benzene rings is 1. The van der Waals surface area contributed by atoms with Crippen molar-refractivity contribution in [1.29, 1.82) is 0 Å². The highest BCUT2D eigenvalue weighted by atomic mass is 32.2. The number of thiazole rings is 1. The number of nitrogens with zero attached hydrogens (tertiary/aromatic N) is 2. The molecule has 0 bridgehead atoms. The minimum absolute atomic E-state index is 0.157. The Morgan fingerprint density at radius 2 is 2.00 bits per heavy atom. The molecule has 1 aliphatic carbocycles. The van der Waals surface area contributed by atoms with Crippen LogP contribution in [0.1, 0.15) is 39.5 Å². The van der Waals surface area contributed by atoms with Gasteiger partial charge in [-0.15, -0.1) is 11.8 Å². The first-order chi connectivity index (χ1) is 15.4. The van der Waals surface area contributed by atoms with Gasteiger partial charge in [-0.05, 0) is 43.7 Å². The summed E-state index contributed by atoms with van der Waals surface area (Å²) in [4.78, 5) is 30.3. The van der Waals surface area contributed by atoms with Gasteiger partial charge in [-0.2, -0.15) is 0 Å². The molecular weight excluding hydrogens is 456 g/mol. The van der Waals surface area contributed by atoms with E-state index in [0.29, 0.717) is 29.9 Å². The Labute approximate surface area is 194 Å². The fourth-order valence-corrected chi connectivity index (χ4v) is 5.26. The molecule has 1 fully saturated rings. The lowest BCUT2D eigenvalue weighted by molar-refractivity contribution is -0.139. The van der Waals surface area contributed by atoms with Crippen LogP contribution in [0.3, 0.4) is 0 Å². The van der Waals surface area contributed by atoms with Crippen LogP contribution in [0.2, 0.25) is 0 Å². The number of nitrogens with one attached hydrogen (secondary N) is 1. The van der Waals surface area contributed by atoms with Crippen molar-refractivity contribution in [2.24, 2.45) is 11.8 Å². The van der Waals surface area contributed by atoms with Crippen molar-refractivity contribution in [3.05, 3.63) is 36.0 Å². The third kappa shape index (κ3) is 6.90. The number of amides is 2. The van der Waals surface area contributed by atoms with Gasteiger partial charge in [0.2, 0.25) is 0 Å². The number of halogens is 2. The molecule has 2 amide bonds. The van der Waals surface area contributed by atoms with Gasteiger partial charge in [-0.1, -0.05) is 31.1 Å². The molecule has 0 saturated heterocycles. The fourth-order valence-electron chi connectivity index (χ4n) is 3.60. The van der Waals surface area contributed by atoms with Gasteiger partial charge in [0.15, 0.2) is 16.8 Å². The number of carbonyl (C=O) groups is 2. The van der Waals surface area contributed by atoms with Gasteiger partial charge in [0.05, 0.1) is 22.8 Å². The van der Waals surface area contributed by atoms with Crippen LogP contribution in [0.15, 0.2) is 28.6 Å². The zero-order valence-electron chi connectivity index (χ0n) is 18.1. The predicted molar refractivity (Wildman–Crippen MR) is 123 cm³/mol. The molecule has 1 saturated carbocycles. The molecule has 1 aromatic heterocycles. The largest absolute Gasteiger partial charge is 0.465 e. The molecule has 0 spiro atoms. The Bertz CT molecular complexity index is 933. The quantitative estimate of drug-likeness (QED) is 0.372. The molecule has 6 nitrogen and oxygen atoms in total. The van der Waals surface area contributed by atoms with Crippen LogP contribution in [0, 0.1) is 23.5 Å². The summed E-state index contributed by atoms with van der Waals surface area (Å²) in [6.07, 6.45) is 5.73. The molecular formula is C22H27F2N3O3S2. The summed E-state index contributed by atoms with van der Waals surface area (Å²) >= 11 is 2.52. The highest BCUT2D eigenvalue weighted by Crippen LogP contribution is 2.32. The molecule has 32 heavy (non-hydrogen) atoms. The van der Waals surface area contributed by atoms with Gasteiger partial charge >= 0.3 is 12.0 Å². The second kappa shape index (κ2) is 11.6. The minimum Gasteiger partial charge on any atom is -0.465 e. The fraction of sp³-hybridized carbons (Fsp3) is 0.500. The highest BCUT2D eigenvalue weighted by molar-refractivity contribution is 8.01. The minimum atomic E-state index is -0.996. The predicted octanol–water partition coefficient (Wildman–Crippen LogP) is 5.94. The summed E-state index contributed by atoms with van der Waals surface area (Å²) in [5.74, 6) is -1.16. The van der Waals surface area contributed by atoms with Crippen molar-refractivity contribution < 1.29 is 23.1 Å². The molecule has 1 heterocycles. The summed E-state index contributed by atoms with van der Waals surface area (Å²) in [6, 6.07) is 3.03. The van der Waals surface area contributed by atoms with Gasteiger partial charge in [-0.25, -0.2) is 18.6 Å². The Kier molecular flexibility index (Phi) is 8.86. The van der Waals surface area contributed by atoms with Crippen molar-refractivity contribution in [1.82, 2.24) is 4.98 Å². The molecule has 10 heteroatoms. The topological polar surface area (TPSA) is 71.5 Å². The zero-order valence-corrected chi connectivity index (χ0v) is 19.7. The third-order valence-electron chi connectivity index (χ3n) is 5.37. The lowest BCUT2D eigenvalue weighted by Crippen LogP contribution is -2.39. The third-order valence-corrected chi connectivity index (χ3v) is 7.45. The summed E-state index contributed by atoms with van der Waals surface area (Å²) < 4.78 is 33.0. The molecule has 0 radical (unpaired) electrons. The first-order valence-electron chi connectivity index (χ1n) is 10.6. The number of anilines is 2. The average Bonchev–Trinajstić information content (AvgIpc) is 3.21. The molecule has 1 N–H and O–H groups in total. The molecule has 0 atom stereocenters. The molecule has 1 aliphatic rings. The van der Waals surface area contributed by atoms with Gasteiger partial charge in [0.1, 0.15) is 0 Å². The second-order valence-electron chi connectivity index (χ2n) is 7.84. The van der Waals surface area contributed by atoms with Crippen LogP contribution in [-0.4, -0.2) is 35.9 Å². The van der Waals surface area contributed by atoms with Crippen molar-refractivity contribution in [2.75, 3.05) is 29.1 Å². The Morgan fingerprint density at radius 1 is 1.25 bits per heavy atom. The lowest BCUT2D eigenvalue weighted by atomic mass is 9.83. The lowest BCUT2D eigenvalue weighted by Gasteiger charge is -2.31. The maximum Gasteiger partial charge on any atom is 0.328 e. The van der Waals surface area contributed by atoms with E-state index < -0.39 is 17.7 Å². The summed E-state index contributed by atoms with van der Waals surface area (Å²) in [5.41, 5.74) is 0.300. The molecule has 0 aliphatic heterocycles. The highest BCUT2D eigenvalue weighted by Gasteiger charge is 2.25. The van der Waals surface area contributed by atoms with Crippen LogP contribution in [-0.2, 0) is 9.53 Å². The number of carbonyl (C=O) groups excluding carboxylic acids is 2. The van der Waals surface area contributed by atoms with Crippen molar-refractivity contribution in [3.8, 4) is 0 Å². The number of rotatable bonds is 8. The van der Waals surface area contributed by atoms with E-state index >= 15 is 0 Å². The van der Waals surface area contributed by atoms with Gasteiger partial charge < -0.3 is 4.74 Å². The van der Waals surface area contributed by atoms with Gasteiger partial charge in [0, 0.05) is 18.3 Å². The van der Waals surface area contributed by atoms with E-state index in [4.69, 9.17) is 4.74 Å². The van der Waals surface area contributed by atoms with Crippen LogP contribution < -0.4 is 10.2 Å². The number of urea groups is 1. The average molecular weight is 484 g/mol. The molecule has 0 unspecified atom stereocenters. The molecule has 3 rings (SSSR count). The number of esters is 1. The Morgan fingerprint density at radius 3 is 2.69 bits per heavy atom. The number of hydrogen-bond acceptors (Lipinski definition) is 6. The Balaban J connectivity index is 1.69. The summed E-state index contributed by atoms with van der Waals surface area (Å²) in [7, 11) is 0. The van der Waals surface area contributed by atoms with E-state index in [0.717, 1.165) is 42.0 Å². The summed E-state index contributed by atoms with van der Waals surface area (Å²) in [6.45, 7) is 4.70. The second-order valence-corrected chi connectivity index (χ2v) is 10.1. The van der Waals surface area contributed by atoms with Crippen LogP contribution >= 0.6 is 23.1 Å². The van der Waals surface area contributed by atoms with E-state index in [1.807, 2.05) is 0 Å². The normalized spacial score (nSPS) is 18.2. The zero-order chi connectivity index (χ0) is 23.1. The van der Waals surface area contributed by atoms with Crippen molar-refractivity contribution >= 4 is 45.9 Å². The smallest absolute Gasteiger partial charge is 0.328 e. The van der Waals surface area contributed by atoms with Crippen LogP contribution in [0.5, 0.6) is 0 Å². The van der Waals surface area contributed by atoms with Crippen molar-refractivity contribution in [2.45, 2.75) is 43.7 Å². The van der Waals surface area contributed by atoms with E-state index in [2.05, 4.69) is 17.2 Å². The molecule has 2 aromatic rings. The van der Waals surface area contributed by atoms with E-state index in [-0.39, 0.29) is 17.6 Å². The summed E-state index contributed by atoms with van der Waals surface area (Å²) in [5, 5.41) is 3.12. The van der Waals surface area contributed by atoms with Gasteiger partial charge in [0.25, 0.3) is 0 Å². The van der Waals surface area contributed by atoms with Gasteiger partial charge in [-0.3, -0.25) is 15.0 Å². The monoisotopic (exact) mass is 483 g/mol. The van der Waals surface area contributed by atoms with Crippen LogP contribution in [0.4, 0.5) is 24.4 Å². The van der Waals surface area contributed by atoms with Crippen LogP contribution in [0.25, 0.3) is 0 Å². The van der Waals surface area contributed by atoms with E-state index in [1.165, 1.54) is 34.1 Å². The number of thioether (sulfide) groups is 1. The number of ether oxygens (including phenoxy) is 1. The molecule has 1 aromatic carbocycles. The van der Waals surface area contributed by atoms with E-state index in [1.54, 1.807) is 13.1 Å². The first-order valence-corrected chi connectivity index (χ1v) is 12.4. The number of aromatic nitrogens is 1. The SMILES string of the molecule is CCOC(=O)CSc1cnc(NC(=O)N(C[C@H]2CC[C@H](C)CC2)c2ccc(F)c(F)c2)s1.